The molecule has 1 aromatic rings. The molecule has 0 aliphatic carbocycles. The zero-order chi connectivity index (χ0) is 22.9. The minimum absolute atomic E-state index is 0.00119. The zero-order valence-electron chi connectivity index (χ0n) is 19.6. The molecule has 1 rings (SSSR count). The van der Waals surface area contributed by atoms with Crippen molar-refractivity contribution in [3.63, 3.8) is 0 Å². The van der Waals surface area contributed by atoms with Gasteiger partial charge < -0.3 is 20.1 Å². The van der Waals surface area contributed by atoms with Gasteiger partial charge in [-0.1, -0.05) is 75.8 Å². The van der Waals surface area contributed by atoms with Crippen molar-refractivity contribution in [3.8, 4) is 0 Å². The normalized spacial score (nSPS) is 13.2. The molecule has 0 amide bonds. The summed E-state index contributed by atoms with van der Waals surface area (Å²) >= 11 is 0. The highest BCUT2D eigenvalue weighted by Crippen LogP contribution is 2.14. The van der Waals surface area contributed by atoms with E-state index in [0.29, 0.717) is 12.8 Å². The zero-order valence-corrected chi connectivity index (χ0v) is 19.6. The number of hydrogen-bond acceptors (Lipinski definition) is 5. The number of carbonyl (C=O) groups excluding carboxylic acids is 1. The number of nitrogens with one attached hydrogen (secondary N) is 1. The molecule has 0 aliphatic rings. The molecule has 6 heteroatoms. The van der Waals surface area contributed by atoms with Crippen molar-refractivity contribution in [3.05, 3.63) is 35.9 Å². The van der Waals surface area contributed by atoms with Crippen molar-refractivity contribution in [2.24, 2.45) is 0 Å². The van der Waals surface area contributed by atoms with Crippen LogP contribution in [0.25, 0.3) is 0 Å². The van der Waals surface area contributed by atoms with E-state index in [1.165, 1.54) is 25.7 Å². The van der Waals surface area contributed by atoms with E-state index in [1.54, 1.807) is 0 Å². The second kappa shape index (κ2) is 16.7. The molecule has 0 fully saturated rings. The van der Waals surface area contributed by atoms with Gasteiger partial charge in [-0.05, 0) is 45.5 Å². The molecule has 1 aromatic carbocycles. The number of esters is 1. The summed E-state index contributed by atoms with van der Waals surface area (Å²) in [4.78, 5) is 26.0. The molecule has 0 spiro atoms. The maximum absolute atomic E-state index is 12.8. The first-order valence-electron chi connectivity index (χ1n) is 11.8. The van der Waals surface area contributed by atoms with E-state index in [-0.39, 0.29) is 25.0 Å². The molecular weight excluding hydrogens is 392 g/mol. The molecule has 2 N–H and O–H groups in total. The van der Waals surface area contributed by atoms with E-state index in [0.717, 1.165) is 31.4 Å². The Kier molecular flexibility index (Phi) is 14.6. The van der Waals surface area contributed by atoms with Crippen molar-refractivity contribution < 1.29 is 19.4 Å². The number of carbonyl (C=O) groups is 2. The molecule has 0 bridgehead atoms. The van der Waals surface area contributed by atoms with Crippen LogP contribution in [-0.4, -0.2) is 54.7 Å². The maximum atomic E-state index is 12.8. The van der Waals surface area contributed by atoms with Gasteiger partial charge >= 0.3 is 11.9 Å². The number of nitrogens with zero attached hydrogens (tertiary/aromatic N) is 1. The monoisotopic (exact) mass is 434 g/mol. The molecule has 31 heavy (non-hydrogen) atoms. The highest BCUT2D eigenvalue weighted by atomic mass is 16.5. The van der Waals surface area contributed by atoms with E-state index >= 15 is 0 Å². The summed E-state index contributed by atoms with van der Waals surface area (Å²) in [5.41, 5.74) is 0.955. The van der Waals surface area contributed by atoms with Gasteiger partial charge in [0.15, 0.2) is 0 Å². The summed E-state index contributed by atoms with van der Waals surface area (Å²) in [6, 6.07) is 9.21. The van der Waals surface area contributed by atoms with E-state index < -0.39 is 12.0 Å². The van der Waals surface area contributed by atoms with E-state index in [4.69, 9.17) is 9.84 Å². The SMILES string of the molecule is CCCCCCCCC(CCC(=O)O)NC(CCN(C)C)C(=O)OCc1ccccc1. The van der Waals surface area contributed by atoms with Crippen LogP contribution in [-0.2, 0) is 20.9 Å². The Morgan fingerprint density at radius 3 is 2.32 bits per heavy atom. The lowest BCUT2D eigenvalue weighted by molar-refractivity contribution is -0.148. The fraction of sp³-hybridized carbons (Fsp3) is 0.680. The summed E-state index contributed by atoms with van der Waals surface area (Å²) in [6.07, 6.45) is 9.27. The summed E-state index contributed by atoms with van der Waals surface area (Å²) in [5.74, 6) is -1.07. The predicted molar refractivity (Wildman–Crippen MR) is 125 cm³/mol. The average molecular weight is 435 g/mol. The Bertz CT molecular complexity index is 607. The van der Waals surface area contributed by atoms with Gasteiger partial charge in [-0.3, -0.25) is 9.59 Å². The van der Waals surface area contributed by atoms with Crippen molar-refractivity contribution >= 4 is 11.9 Å². The third kappa shape index (κ3) is 13.9. The first-order valence-corrected chi connectivity index (χ1v) is 11.8. The number of carboxylic acids is 1. The van der Waals surface area contributed by atoms with Crippen LogP contribution in [0, 0.1) is 0 Å². The predicted octanol–water partition coefficient (Wildman–Crippen LogP) is 4.62. The van der Waals surface area contributed by atoms with Crippen LogP contribution in [0.5, 0.6) is 0 Å². The fourth-order valence-corrected chi connectivity index (χ4v) is 3.55. The second-order valence-electron chi connectivity index (χ2n) is 8.59. The minimum Gasteiger partial charge on any atom is -0.481 e. The number of hydrogen-bond donors (Lipinski definition) is 2. The molecule has 6 nitrogen and oxygen atoms in total. The lowest BCUT2D eigenvalue weighted by atomic mass is 10.0. The number of unbranched alkanes of at least 4 members (excludes halogenated alkanes) is 5. The second-order valence-corrected chi connectivity index (χ2v) is 8.59. The minimum atomic E-state index is -0.800. The largest absolute Gasteiger partial charge is 0.481 e. The first-order chi connectivity index (χ1) is 14.9. The molecule has 0 saturated carbocycles. The van der Waals surface area contributed by atoms with Crippen LogP contribution < -0.4 is 5.32 Å². The lowest BCUT2D eigenvalue weighted by Crippen LogP contribution is -2.45. The number of ether oxygens (including phenoxy) is 1. The summed E-state index contributed by atoms with van der Waals surface area (Å²) in [7, 11) is 3.95. The molecule has 0 aromatic heterocycles. The van der Waals surface area contributed by atoms with Crippen LogP contribution in [0.2, 0.25) is 0 Å². The maximum Gasteiger partial charge on any atom is 0.323 e. The van der Waals surface area contributed by atoms with E-state index in [9.17, 15) is 9.59 Å². The molecule has 176 valence electrons. The molecule has 0 aliphatic heterocycles. The lowest BCUT2D eigenvalue weighted by Gasteiger charge is -2.25. The van der Waals surface area contributed by atoms with Crippen molar-refractivity contribution in [2.75, 3.05) is 20.6 Å². The Hall–Kier alpha value is -1.92. The molecule has 0 saturated heterocycles. The third-order valence-electron chi connectivity index (χ3n) is 5.42. The Labute approximate surface area is 188 Å². The highest BCUT2D eigenvalue weighted by Gasteiger charge is 2.24. The fourth-order valence-electron chi connectivity index (χ4n) is 3.55. The number of aliphatic carboxylic acids is 1. The first kappa shape index (κ1) is 27.1. The Morgan fingerprint density at radius 2 is 1.68 bits per heavy atom. The number of carboxylic acid groups (broad SMARTS) is 1. The third-order valence-corrected chi connectivity index (χ3v) is 5.42. The topological polar surface area (TPSA) is 78.9 Å². The summed E-state index contributed by atoms with van der Waals surface area (Å²) < 4.78 is 5.58. The van der Waals surface area contributed by atoms with Gasteiger partial charge in [-0.25, -0.2) is 0 Å². The van der Waals surface area contributed by atoms with Crippen LogP contribution in [0.3, 0.4) is 0 Å². The molecule has 2 atom stereocenters. The van der Waals surface area contributed by atoms with Gasteiger partial charge in [0.2, 0.25) is 0 Å². The molecule has 2 unspecified atom stereocenters. The van der Waals surface area contributed by atoms with Crippen LogP contribution in [0.4, 0.5) is 0 Å². The summed E-state index contributed by atoms with van der Waals surface area (Å²) in [5, 5.41) is 12.6. The molecule has 0 heterocycles. The van der Waals surface area contributed by atoms with Gasteiger partial charge in [0.05, 0.1) is 0 Å². The van der Waals surface area contributed by atoms with Gasteiger partial charge in [0.25, 0.3) is 0 Å². The van der Waals surface area contributed by atoms with Gasteiger partial charge in [-0.2, -0.15) is 0 Å². The van der Waals surface area contributed by atoms with Gasteiger partial charge in [0, 0.05) is 12.5 Å². The van der Waals surface area contributed by atoms with Crippen molar-refractivity contribution in [1.29, 1.82) is 0 Å². The van der Waals surface area contributed by atoms with E-state index in [2.05, 4.69) is 12.2 Å². The van der Waals surface area contributed by atoms with Gasteiger partial charge in [-0.15, -0.1) is 0 Å². The van der Waals surface area contributed by atoms with Gasteiger partial charge in [0.1, 0.15) is 12.6 Å². The van der Waals surface area contributed by atoms with Crippen LogP contribution >= 0.6 is 0 Å². The van der Waals surface area contributed by atoms with Crippen molar-refractivity contribution in [2.45, 2.75) is 89.8 Å². The number of rotatable bonds is 18. The molecule has 0 radical (unpaired) electrons. The van der Waals surface area contributed by atoms with E-state index in [1.807, 2.05) is 49.3 Å². The van der Waals surface area contributed by atoms with Crippen LogP contribution in [0.15, 0.2) is 30.3 Å². The quantitative estimate of drug-likeness (QED) is 0.259. The highest BCUT2D eigenvalue weighted by molar-refractivity contribution is 5.75. The summed E-state index contributed by atoms with van der Waals surface area (Å²) in [6.45, 7) is 3.20. The standard InChI is InChI=1S/C25H42N2O4/c1-4-5-6-7-8-12-15-22(16-17-24(28)29)26-23(18-19-27(2)3)25(30)31-20-21-13-10-9-11-14-21/h9-11,13-14,22-23,26H,4-8,12,15-20H2,1-3H3,(H,28,29). The molecular formula is C25H42N2O4. The smallest absolute Gasteiger partial charge is 0.323 e. The Balaban J connectivity index is 2.65. The van der Waals surface area contributed by atoms with Crippen molar-refractivity contribution in [1.82, 2.24) is 10.2 Å². The number of benzene rings is 1. The van der Waals surface area contributed by atoms with Crippen LogP contribution in [0.1, 0.15) is 76.7 Å². The average Bonchev–Trinajstić information content (AvgIpc) is 2.75. The Morgan fingerprint density at radius 1 is 1.00 bits per heavy atom.